The van der Waals surface area contributed by atoms with Crippen LogP contribution in [-0.2, 0) is 21.0 Å². The van der Waals surface area contributed by atoms with E-state index < -0.39 is 34.2 Å². The second kappa shape index (κ2) is 7.24. The summed E-state index contributed by atoms with van der Waals surface area (Å²) in [7, 11) is -3.90. The first-order chi connectivity index (χ1) is 11.6. The minimum atomic E-state index is -4.53. The van der Waals surface area contributed by atoms with E-state index in [1.54, 1.807) is 25.1 Å². The van der Waals surface area contributed by atoms with Gasteiger partial charge in [0.05, 0.1) is 17.0 Å². The van der Waals surface area contributed by atoms with E-state index in [0.29, 0.717) is 5.56 Å². The highest BCUT2D eigenvalue weighted by molar-refractivity contribution is 7.89. The van der Waals surface area contributed by atoms with Crippen molar-refractivity contribution in [3.63, 3.8) is 0 Å². The first kappa shape index (κ1) is 18.9. The van der Waals surface area contributed by atoms with Crippen LogP contribution in [0.3, 0.4) is 0 Å². The number of amides is 1. The van der Waals surface area contributed by atoms with Gasteiger partial charge in [0.2, 0.25) is 15.9 Å². The largest absolute Gasteiger partial charge is 0.416 e. The van der Waals surface area contributed by atoms with Gasteiger partial charge in [-0.15, -0.1) is 0 Å². The summed E-state index contributed by atoms with van der Waals surface area (Å²) in [6.45, 7) is 1.00. The number of nitrogens with one attached hydrogen (secondary N) is 2. The monoisotopic (exact) mass is 372 g/mol. The number of carbonyl (C=O) groups excluding carboxylic acids is 1. The molecular formula is C16H15F3N2O3S. The van der Waals surface area contributed by atoms with Crippen molar-refractivity contribution >= 4 is 21.6 Å². The van der Waals surface area contributed by atoms with Crippen molar-refractivity contribution in [2.75, 3.05) is 11.9 Å². The van der Waals surface area contributed by atoms with Crippen molar-refractivity contribution in [2.45, 2.75) is 18.0 Å². The fourth-order valence-electron chi connectivity index (χ4n) is 2.07. The second-order valence-corrected chi connectivity index (χ2v) is 6.95. The number of halogens is 3. The molecule has 0 aliphatic carbocycles. The van der Waals surface area contributed by atoms with Crippen LogP contribution in [0.1, 0.15) is 11.1 Å². The molecule has 9 heteroatoms. The molecule has 0 saturated carbocycles. The number of hydrogen-bond acceptors (Lipinski definition) is 3. The zero-order chi connectivity index (χ0) is 18.7. The van der Waals surface area contributed by atoms with E-state index in [1.165, 1.54) is 12.1 Å². The fraction of sp³-hybridized carbons (Fsp3) is 0.188. The molecule has 0 aliphatic rings. The van der Waals surface area contributed by atoms with Gasteiger partial charge in [0.25, 0.3) is 0 Å². The Morgan fingerprint density at radius 1 is 1.08 bits per heavy atom. The van der Waals surface area contributed by atoms with Gasteiger partial charge in [0.1, 0.15) is 0 Å². The van der Waals surface area contributed by atoms with Gasteiger partial charge in [-0.3, -0.25) is 4.79 Å². The van der Waals surface area contributed by atoms with Crippen molar-refractivity contribution in [1.82, 2.24) is 4.72 Å². The molecule has 0 spiro atoms. The van der Waals surface area contributed by atoms with Crippen LogP contribution in [0.25, 0.3) is 0 Å². The summed E-state index contributed by atoms with van der Waals surface area (Å²) in [4.78, 5) is 11.8. The molecule has 0 fully saturated rings. The van der Waals surface area contributed by atoms with Gasteiger partial charge in [0, 0.05) is 5.69 Å². The topological polar surface area (TPSA) is 75.3 Å². The lowest BCUT2D eigenvalue weighted by atomic mass is 10.2. The lowest BCUT2D eigenvalue weighted by Crippen LogP contribution is -2.33. The molecule has 0 radical (unpaired) electrons. The number of benzene rings is 2. The molecule has 2 aromatic rings. The Kier molecular flexibility index (Phi) is 5.48. The SMILES string of the molecule is Cc1ccccc1S(=O)(=O)NCC(=O)Nc1cccc(C(F)(F)F)c1. The third kappa shape index (κ3) is 5.04. The van der Waals surface area contributed by atoms with E-state index in [1.807, 2.05) is 0 Å². The first-order valence-corrected chi connectivity index (χ1v) is 8.60. The minimum absolute atomic E-state index is 0.0295. The van der Waals surface area contributed by atoms with E-state index in [9.17, 15) is 26.4 Å². The van der Waals surface area contributed by atoms with Gasteiger partial charge >= 0.3 is 6.18 Å². The molecule has 0 aliphatic heterocycles. The van der Waals surface area contributed by atoms with Crippen LogP contribution in [0.15, 0.2) is 53.4 Å². The van der Waals surface area contributed by atoms with E-state index >= 15 is 0 Å². The zero-order valence-corrected chi connectivity index (χ0v) is 13.9. The van der Waals surface area contributed by atoms with Crippen molar-refractivity contribution in [2.24, 2.45) is 0 Å². The molecule has 2 N–H and O–H groups in total. The number of anilines is 1. The van der Waals surface area contributed by atoms with Gasteiger partial charge in [0.15, 0.2) is 0 Å². The highest BCUT2D eigenvalue weighted by atomic mass is 32.2. The quantitative estimate of drug-likeness (QED) is 0.847. The maximum atomic E-state index is 12.6. The lowest BCUT2D eigenvalue weighted by molar-refractivity contribution is -0.137. The molecule has 1 amide bonds. The molecule has 0 atom stereocenters. The maximum absolute atomic E-state index is 12.6. The molecule has 2 aromatic carbocycles. The summed E-state index contributed by atoms with van der Waals surface area (Å²) in [6, 6.07) is 10.3. The van der Waals surface area contributed by atoms with E-state index in [2.05, 4.69) is 10.0 Å². The lowest BCUT2D eigenvalue weighted by Gasteiger charge is -2.11. The van der Waals surface area contributed by atoms with Crippen LogP contribution in [0.5, 0.6) is 0 Å². The summed E-state index contributed by atoms with van der Waals surface area (Å²) in [5.74, 6) is -0.781. The highest BCUT2D eigenvalue weighted by Crippen LogP contribution is 2.30. The third-order valence-corrected chi connectivity index (χ3v) is 4.84. The van der Waals surface area contributed by atoms with Crippen LogP contribution in [-0.4, -0.2) is 20.9 Å². The van der Waals surface area contributed by atoms with Crippen LogP contribution >= 0.6 is 0 Å². The standard InChI is InChI=1S/C16H15F3N2O3S/c1-11-5-2-3-8-14(11)25(23,24)20-10-15(22)21-13-7-4-6-12(9-13)16(17,18)19/h2-9,20H,10H2,1H3,(H,21,22). The van der Waals surface area contributed by atoms with Crippen LogP contribution in [0.2, 0.25) is 0 Å². The second-order valence-electron chi connectivity index (χ2n) is 5.22. The Morgan fingerprint density at radius 3 is 2.40 bits per heavy atom. The predicted molar refractivity (Wildman–Crippen MR) is 86.4 cm³/mol. The number of aryl methyl sites for hydroxylation is 1. The van der Waals surface area contributed by atoms with Crippen LogP contribution < -0.4 is 10.0 Å². The number of hydrogen-bond donors (Lipinski definition) is 2. The summed E-state index contributed by atoms with van der Waals surface area (Å²) in [5.41, 5.74) is -0.478. The maximum Gasteiger partial charge on any atom is 0.416 e. The summed E-state index contributed by atoms with van der Waals surface area (Å²) >= 11 is 0. The Hall–Kier alpha value is -2.39. The zero-order valence-electron chi connectivity index (χ0n) is 13.1. The highest BCUT2D eigenvalue weighted by Gasteiger charge is 2.30. The van der Waals surface area contributed by atoms with Gasteiger partial charge in [-0.1, -0.05) is 24.3 Å². The summed E-state index contributed by atoms with van der Waals surface area (Å²) in [5, 5.41) is 2.23. The number of alkyl halides is 3. The fourth-order valence-corrected chi connectivity index (χ4v) is 3.30. The van der Waals surface area contributed by atoms with E-state index in [-0.39, 0.29) is 10.6 Å². The molecule has 134 valence electrons. The molecular weight excluding hydrogens is 357 g/mol. The van der Waals surface area contributed by atoms with Crippen LogP contribution in [0, 0.1) is 6.92 Å². The molecule has 0 saturated heterocycles. The van der Waals surface area contributed by atoms with Crippen molar-refractivity contribution < 1.29 is 26.4 Å². The summed E-state index contributed by atoms with van der Waals surface area (Å²) in [6.07, 6.45) is -4.53. The average Bonchev–Trinajstić information content (AvgIpc) is 2.53. The molecule has 5 nitrogen and oxygen atoms in total. The Bertz CT molecular complexity index is 880. The van der Waals surface area contributed by atoms with Crippen molar-refractivity contribution in [3.05, 3.63) is 59.7 Å². The molecule has 0 bridgehead atoms. The van der Waals surface area contributed by atoms with Gasteiger partial charge in [-0.05, 0) is 36.8 Å². The molecule has 0 heterocycles. The first-order valence-electron chi connectivity index (χ1n) is 7.12. The molecule has 2 rings (SSSR count). The van der Waals surface area contributed by atoms with Crippen LogP contribution in [0.4, 0.5) is 18.9 Å². The molecule has 0 unspecified atom stereocenters. The average molecular weight is 372 g/mol. The van der Waals surface area contributed by atoms with E-state index in [4.69, 9.17) is 0 Å². The van der Waals surface area contributed by atoms with Crippen molar-refractivity contribution in [3.8, 4) is 0 Å². The normalized spacial score (nSPS) is 12.0. The van der Waals surface area contributed by atoms with Gasteiger partial charge in [-0.25, -0.2) is 13.1 Å². The number of sulfonamides is 1. The van der Waals surface area contributed by atoms with E-state index in [0.717, 1.165) is 18.2 Å². The third-order valence-electron chi connectivity index (χ3n) is 3.28. The molecule has 25 heavy (non-hydrogen) atoms. The van der Waals surface area contributed by atoms with Gasteiger partial charge < -0.3 is 5.32 Å². The number of rotatable bonds is 5. The smallest absolute Gasteiger partial charge is 0.325 e. The summed E-state index contributed by atoms with van der Waals surface area (Å²) < 4.78 is 64.3. The number of carbonyl (C=O) groups is 1. The Labute approximate surface area is 142 Å². The van der Waals surface area contributed by atoms with Gasteiger partial charge in [-0.2, -0.15) is 13.2 Å². The Morgan fingerprint density at radius 2 is 1.76 bits per heavy atom. The van der Waals surface area contributed by atoms with Crippen molar-refractivity contribution in [1.29, 1.82) is 0 Å². The Balaban J connectivity index is 2.03. The minimum Gasteiger partial charge on any atom is -0.325 e. The molecule has 0 aromatic heterocycles. The predicted octanol–water partition coefficient (Wildman–Crippen LogP) is 2.93.